The molecule has 0 unspecified atom stereocenters. The molecule has 1 saturated heterocycles. The first kappa shape index (κ1) is 12.6. The molecule has 0 radical (unpaired) electrons. The second kappa shape index (κ2) is 4.93. The van der Waals surface area contributed by atoms with Crippen LogP contribution in [0.5, 0.6) is 0 Å². The molecule has 0 saturated carbocycles. The lowest BCUT2D eigenvalue weighted by atomic mass is 10.2. The highest BCUT2D eigenvalue weighted by Gasteiger charge is 2.25. The first-order chi connectivity index (χ1) is 9.69. The normalized spacial score (nSPS) is 15.2. The molecular weight excluding hydrogens is 258 g/mol. The first-order valence-corrected chi connectivity index (χ1v) is 6.36. The van der Waals surface area contributed by atoms with Crippen LogP contribution in [0.2, 0.25) is 0 Å². The van der Waals surface area contributed by atoms with Crippen LogP contribution in [-0.2, 0) is 11.3 Å². The second-order valence-electron chi connectivity index (χ2n) is 4.55. The SMILES string of the molecule is CN1C(=O)CCN1c1ccc(-c2noc(CN)n2)cc1. The van der Waals surface area contributed by atoms with Crippen molar-refractivity contribution < 1.29 is 9.32 Å². The lowest BCUT2D eigenvalue weighted by Gasteiger charge is -2.26. The van der Waals surface area contributed by atoms with Gasteiger partial charge in [-0.25, -0.2) is 0 Å². The number of benzene rings is 1. The van der Waals surface area contributed by atoms with E-state index in [0.29, 0.717) is 24.7 Å². The molecule has 0 aliphatic carbocycles. The summed E-state index contributed by atoms with van der Waals surface area (Å²) in [5.41, 5.74) is 7.25. The van der Waals surface area contributed by atoms with Gasteiger partial charge in [0.25, 0.3) is 0 Å². The quantitative estimate of drug-likeness (QED) is 0.889. The highest BCUT2D eigenvalue weighted by molar-refractivity contribution is 5.81. The fraction of sp³-hybridized carbons (Fsp3) is 0.308. The maximum atomic E-state index is 11.5. The first-order valence-electron chi connectivity index (χ1n) is 6.36. The van der Waals surface area contributed by atoms with Gasteiger partial charge in [-0.1, -0.05) is 5.16 Å². The Hall–Kier alpha value is -2.41. The van der Waals surface area contributed by atoms with Crippen LogP contribution in [0.1, 0.15) is 12.3 Å². The van der Waals surface area contributed by atoms with Crippen LogP contribution in [-0.4, -0.2) is 34.6 Å². The Bertz CT molecular complexity index is 622. The zero-order chi connectivity index (χ0) is 14.1. The minimum atomic E-state index is 0.125. The van der Waals surface area contributed by atoms with Gasteiger partial charge in [0, 0.05) is 25.6 Å². The van der Waals surface area contributed by atoms with Crippen molar-refractivity contribution in [2.24, 2.45) is 5.73 Å². The molecule has 1 aromatic carbocycles. The molecule has 2 N–H and O–H groups in total. The van der Waals surface area contributed by atoms with Gasteiger partial charge in [-0.05, 0) is 24.3 Å². The fourth-order valence-electron chi connectivity index (χ4n) is 2.19. The van der Waals surface area contributed by atoms with Crippen LogP contribution in [0, 0.1) is 0 Å². The summed E-state index contributed by atoms with van der Waals surface area (Å²) in [6.07, 6.45) is 0.545. The number of nitrogens with zero attached hydrogens (tertiary/aromatic N) is 4. The largest absolute Gasteiger partial charge is 0.338 e. The number of hydrogen-bond donors (Lipinski definition) is 1. The predicted molar refractivity (Wildman–Crippen MR) is 72.4 cm³/mol. The Morgan fingerprint density at radius 2 is 2.10 bits per heavy atom. The maximum Gasteiger partial charge on any atom is 0.242 e. The van der Waals surface area contributed by atoms with E-state index in [2.05, 4.69) is 10.1 Å². The molecule has 1 aromatic heterocycles. The van der Waals surface area contributed by atoms with E-state index in [4.69, 9.17) is 10.3 Å². The molecule has 1 aliphatic rings. The summed E-state index contributed by atoms with van der Waals surface area (Å²) in [6, 6.07) is 7.67. The minimum absolute atomic E-state index is 0.125. The van der Waals surface area contributed by atoms with Crippen LogP contribution in [0.3, 0.4) is 0 Å². The molecule has 1 fully saturated rings. The van der Waals surface area contributed by atoms with E-state index in [-0.39, 0.29) is 12.5 Å². The van der Waals surface area contributed by atoms with E-state index in [0.717, 1.165) is 11.3 Å². The maximum absolute atomic E-state index is 11.5. The van der Waals surface area contributed by atoms with Crippen LogP contribution in [0.25, 0.3) is 11.4 Å². The number of hydrogen-bond acceptors (Lipinski definition) is 6. The van der Waals surface area contributed by atoms with Crippen molar-refractivity contribution in [1.29, 1.82) is 0 Å². The molecule has 2 heterocycles. The van der Waals surface area contributed by atoms with Gasteiger partial charge in [0.15, 0.2) is 0 Å². The Kier molecular flexibility index (Phi) is 3.11. The van der Waals surface area contributed by atoms with E-state index in [1.165, 1.54) is 0 Å². The number of carbonyl (C=O) groups excluding carboxylic acids is 1. The van der Waals surface area contributed by atoms with Gasteiger partial charge in [-0.2, -0.15) is 4.98 Å². The number of nitrogens with two attached hydrogens (primary N) is 1. The number of carbonyl (C=O) groups is 1. The third-order valence-corrected chi connectivity index (χ3v) is 3.33. The lowest BCUT2D eigenvalue weighted by Crippen LogP contribution is -2.35. The van der Waals surface area contributed by atoms with E-state index in [9.17, 15) is 4.79 Å². The monoisotopic (exact) mass is 273 g/mol. The highest BCUT2D eigenvalue weighted by Crippen LogP contribution is 2.24. The standard InChI is InChI=1S/C13H15N5O2/c1-17-12(19)6-7-18(17)10-4-2-9(3-5-10)13-15-11(8-14)20-16-13/h2-5H,6-8,14H2,1H3. The Labute approximate surface area is 115 Å². The van der Waals surface area contributed by atoms with Gasteiger partial charge in [0.2, 0.25) is 17.6 Å². The van der Waals surface area contributed by atoms with E-state index >= 15 is 0 Å². The van der Waals surface area contributed by atoms with Crippen molar-refractivity contribution in [3.05, 3.63) is 30.2 Å². The molecule has 0 spiro atoms. The van der Waals surface area contributed by atoms with Crippen molar-refractivity contribution >= 4 is 11.6 Å². The van der Waals surface area contributed by atoms with Crippen LogP contribution < -0.4 is 10.7 Å². The zero-order valence-corrected chi connectivity index (χ0v) is 11.1. The van der Waals surface area contributed by atoms with Crippen molar-refractivity contribution in [3.8, 4) is 11.4 Å². The van der Waals surface area contributed by atoms with Gasteiger partial charge < -0.3 is 10.3 Å². The molecule has 1 amide bonds. The zero-order valence-electron chi connectivity index (χ0n) is 11.1. The average molecular weight is 273 g/mol. The molecule has 104 valence electrons. The minimum Gasteiger partial charge on any atom is -0.338 e. The Morgan fingerprint density at radius 1 is 1.35 bits per heavy atom. The number of hydrazine groups is 1. The molecule has 3 rings (SSSR count). The fourth-order valence-corrected chi connectivity index (χ4v) is 2.19. The number of rotatable bonds is 3. The van der Waals surface area contributed by atoms with Crippen molar-refractivity contribution in [2.45, 2.75) is 13.0 Å². The van der Waals surface area contributed by atoms with Crippen LogP contribution in [0.4, 0.5) is 5.69 Å². The van der Waals surface area contributed by atoms with E-state index < -0.39 is 0 Å². The van der Waals surface area contributed by atoms with Gasteiger partial charge in [0.1, 0.15) is 0 Å². The second-order valence-corrected chi connectivity index (χ2v) is 4.55. The summed E-state index contributed by atoms with van der Waals surface area (Å²) in [5.74, 6) is 1.05. The molecule has 0 atom stereocenters. The highest BCUT2D eigenvalue weighted by atomic mass is 16.5. The molecule has 1 aliphatic heterocycles. The molecule has 20 heavy (non-hydrogen) atoms. The van der Waals surface area contributed by atoms with Crippen LogP contribution in [0.15, 0.2) is 28.8 Å². The van der Waals surface area contributed by atoms with Gasteiger partial charge >= 0.3 is 0 Å². The Morgan fingerprint density at radius 3 is 2.65 bits per heavy atom. The Balaban J connectivity index is 1.82. The summed E-state index contributed by atoms with van der Waals surface area (Å²) in [5, 5.41) is 7.44. The smallest absolute Gasteiger partial charge is 0.242 e. The number of aromatic nitrogens is 2. The third-order valence-electron chi connectivity index (χ3n) is 3.33. The summed E-state index contributed by atoms with van der Waals surface area (Å²) < 4.78 is 4.98. The summed E-state index contributed by atoms with van der Waals surface area (Å²) in [4.78, 5) is 15.7. The van der Waals surface area contributed by atoms with Gasteiger partial charge in [0.05, 0.1) is 12.2 Å². The average Bonchev–Trinajstić information content (AvgIpc) is 3.08. The molecule has 0 bridgehead atoms. The van der Waals surface area contributed by atoms with E-state index in [1.807, 2.05) is 29.3 Å². The van der Waals surface area contributed by atoms with Crippen molar-refractivity contribution in [1.82, 2.24) is 15.1 Å². The van der Waals surface area contributed by atoms with Gasteiger partial charge in [-0.15, -0.1) is 0 Å². The predicted octanol–water partition coefficient (Wildman–Crippen LogP) is 0.779. The summed E-state index contributed by atoms with van der Waals surface area (Å²) in [6.45, 7) is 0.931. The van der Waals surface area contributed by atoms with Gasteiger partial charge in [-0.3, -0.25) is 14.8 Å². The molecular formula is C13H15N5O2. The van der Waals surface area contributed by atoms with Crippen LogP contribution >= 0.6 is 0 Å². The molecule has 7 heteroatoms. The topological polar surface area (TPSA) is 88.5 Å². The van der Waals surface area contributed by atoms with Crippen molar-refractivity contribution in [2.75, 3.05) is 18.6 Å². The molecule has 7 nitrogen and oxygen atoms in total. The lowest BCUT2D eigenvalue weighted by molar-refractivity contribution is -0.126. The summed E-state index contributed by atoms with van der Waals surface area (Å²) in [7, 11) is 1.77. The van der Waals surface area contributed by atoms with E-state index in [1.54, 1.807) is 12.1 Å². The van der Waals surface area contributed by atoms with Crippen molar-refractivity contribution in [3.63, 3.8) is 0 Å². The molecule has 2 aromatic rings. The number of amides is 1. The summed E-state index contributed by atoms with van der Waals surface area (Å²) >= 11 is 0. The number of anilines is 1. The third kappa shape index (κ3) is 2.12.